The maximum Gasteiger partial charge on any atom is 0.416 e. The number of piperazine rings is 1. The molecule has 1 N–H and O–H groups in total. The van der Waals surface area contributed by atoms with E-state index in [9.17, 15) is 13.2 Å². The monoisotopic (exact) mass is 330 g/mol. The summed E-state index contributed by atoms with van der Waals surface area (Å²) in [4.78, 5) is 2.32. The Labute approximate surface area is 135 Å². The van der Waals surface area contributed by atoms with Crippen LogP contribution in [0.1, 0.15) is 37.9 Å². The van der Waals surface area contributed by atoms with Gasteiger partial charge in [-0.3, -0.25) is 4.90 Å². The van der Waals surface area contributed by atoms with E-state index in [0.717, 1.165) is 43.9 Å². The first-order valence-electron chi connectivity index (χ1n) is 7.84. The fraction of sp³-hybridized carbons (Fsp3) is 0.647. The third-order valence-corrected chi connectivity index (χ3v) is 4.19. The van der Waals surface area contributed by atoms with Gasteiger partial charge < -0.3 is 10.1 Å². The van der Waals surface area contributed by atoms with Crippen molar-refractivity contribution in [1.29, 1.82) is 0 Å². The molecule has 6 heteroatoms. The van der Waals surface area contributed by atoms with Crippen LogP contribution in [0.4, 0.5) is 13.2 Å². The van der Waals surface area contributed by atoms with Crippen molar-refractivity contribution in [3.8, 4) is 5.75 Å². The van der Waals surface area contributed by atoms with E-state index in [2.05, 4.69) is 31.0 Å². The number of benzene rings is 1. The normalized spacial score (nSPS) is 18.7. The highest BCUT2D eigenvalue weighted by atomic mass is 19.4. The first kappa shape index (κ1) is 18.1. The summed E-state index contributed by atoms with van der Waals surface area (Å²) in [7, 11) is 1.43. The zero-order chi connectivity index (χ0) is 17.3. The molecule has 1 fully saturated rings. The summed E-state index contributed by atoms with van der Waals surface area (Å²) in [5, 5.41) is 3.31. The molecule has 1 aliphatic heterocycles. The Bertz CT molecular complexity index is 532. The number of hydrogen-bond acceptors (Lipinski definition) is 3. The van der Waals surface area contributed by atoms with Gasteiger partial charge in [0, 0.05) is 37.8 Å². The molecule has 2 rings (SSSR count). The first-order chi connectivity index (χ1) is 10.6. The molecule has 0 unspecified atom stereocenters. The van der Waals surface area contributed by atoms with Crippen molar-refractivity contribution in [2.45, 2.75) is 33.0 Å². The minimum absolute atomic E-state index is 0.00170. The number of hydrogen-bond donors (Lipinski definition) is 1. The predicted octanol–water partition coefficient (Wildman–Crippen LogP) is 3.71. The number of nitrogens with one attached hydrogen (secondary N) is 1. The molecule has 1 heterocycles. The van der Waals surface area contributed by atoms with E-state index >= 15 is 0 Å². The molecule has 0 amide bonds. The molecule has 0 aliphatic carbocycles. The Morgan fingerprint density at radius 2 is 1.74 bits per heavy atom. The van der Waals surface area contributed by atoms with Gasteiger partial charge in [-0.1, -0.05) is 26.8 Å². The molecule has 0 bridgehead atoms. The van der Waals surface area contributed by atoms with Gasteiger partial charge in [0.1, 0.15) is 5.75 Å². The van der Waals surface area contributed by atoms with Crippen LogP contribution in [0.3, 0.4) is 0 Å². The van der Waals surface area contributed by atoms with E-state index in [1.165, 1.54) is 7.11 Å². The minimum Gasteiger partial charge on any atom is -0.496 e. The number of halogens is 3. The standard InChI is InChI=1S/C17H25F3N2O/c1-16(2,3)15(22-9-7-21-8-10-22)13-6-5-12(17(18,19)20)11-14(13)23-4/h5-6,11,15,21H,7-10H2,1-4H3/t15-/m0/s1. The van der Waals surface area contributed by atoms with Crippen LogP contribution in [0, 0.1) is 5.41 Å². The Morgan fingerprint density at radius 1 is 1.13 bits per heavy atom. The molecule has 130 valence electrons. The topological polar surface area (TPSA) is 24.5 Å². The van der Waals surface area contributed by atoms with Crippen LogP contribution >= 0.6 is 0 Å². The molecule has 1 aromatic carbocycles. The zero-order valence-electron chi connectivity index (χ0n) is 14.1. The van der Waals surface area contributed by atoms with Gasteiger partial charge in [0.15, 0.2) is 0 Å². The largest absolute Gasteiger partial charge is 0.496 e. The number of rotatable bonds is 3. The SMILES string of the molecule is COc1cc(C(F)(F)F)ccc1[C@H](N1CCNCC1)C(C)(C)C. The van der Waals surface area contributed by atoms with Gasteiger partial charge in [-0.2, -0.15) is 13.2 Å². The summed E-state index contributed by atoms with van der Waals surface area (Å²) in [6.45, 7) is 9.83. The third-order valence-electron chi connectivity index (χ3n) is 4.19. The maximum atomic E-state index is 13.0. The Kier molecular flexibility index (Phi) is 5.26. The van der Waals surface area contributed by atoms with Gasteiger partial charge in [0.25, 0.3) is 0 Å². The van der Waals surface area contributed by atoms with Crippen molar-refractivity contribution in [2.75, 3.05) is 33.3 Å². The van der Waals surface area contributed by atoms with E-state index < -0.39 is 11.7 Å². The molecule has 1 saturated heterocycles. The van der Waals surface area contributed by atoms with Crippen molar-refractivity contribution in [3.05, 3.63) is 29.3 Å². The molecule has 1 aliphatic rings. The molecular formula is C17H25F3N2O. The van der Waals surface area contributed by atoms with Crippen LogP contribution < -0.4 is 10.1 Å². The predicted molar refractivity (Wildman–Crippen MR) is 84.6 cm³/mol. The fourth-order valence-electron chi connectivity index (χ4n) is 3.26. The lowest BCUT2D eigenvalue weighted by Crippen LogP contribution is -2.48. The van der Waals surface area contributed by atoms with E-state index in [0.29, 0.717) is 5.75 Å². The summed E-state index contributed by atoms with van der Waals surface area (Å²) in [6, 6.07) is 3.83. The van der Waals surface area contributed by atoms with E-state index in [1.807, 2.05) is 0 Å². The number of alkyl halides is 3. The lowest BCUT2D eigenvalue weighted by Gasteiger charge is -2.43. The Hall–Kier alpha value is -1.27. The van der Waals surface area contributed by atoms with Gasteiger partial charge in [0.2, 0.25) is 0 Å². The smallest absolute Gasteiger partial charge is 0.416 e. The molecule has 1 aromatic rings. The van der Waals surface area contributed by atoms with Crippen LogP contribution in [0.2, 0.25) is 0 Å². The van der Waals surface area contributed by atoms with Crippen molar-refractivity contribution >= 4 is 0 Å². The molecular weight excluding hydrogens is 305 g/mol. The quantitative estimate of drug-likeness (QED) is 0.914. The van der Waals surface area contributed by atoms with Gasteiger partial charge >= 0.3 is 6.18 Å². The number of ether oxygens (including phenoxy) is 1. The lowest BCUT2D eigenvalue weighted by atomic mass is 9.80. The van der Waals surface area contributed by atoms with Crippen LogP contribution in [-0.2, 0) is 6.18 Å². The highest BCUT2D eigenvalue weighted by Gasteiger charge is 2.36. The second-order valence-electron chi connectivity index (χ2n) is 7.01. The highest BCUT2D eigenvalue weighted by molar-refractivity contribution is 5.41. The molecule has 3 nitrogen and oxygen atoms in total. The summed E-state index contributed by atoms with van der Waals surface area (Å²) in [5.41, 5.74) is 0.0191. The summed E-state index contributed by atoms with van der Waals surface area (Å²) >= 11 is 0. The van der Waals surface area contributed by atoms with E-state index in [4.69, 9.17) is 4.74 Å². The minimum atomic E-state index is -4.36. The zero-order valence-corrected chi connectivity index (χ0v) is 14.1. The molecule has 0 aromatic heterocycles. The second-order valence-corrected chi connectivity index (χ2v) is 7.01. The molecule has 0 saturated carbocycles. The summed E-state index contributed by atoms with van der Waals surface area (Å²) < 4.78 is 44.2. The van der Waals surface area contributed by atoms with Crippen LogP contribution in [0.5, 0.6) is 5.75 Å². The Balaban J connectivity index is 2.45. The van der Waals surface area contributed by atoms with Crippen molar-refractivity contribution in [3.63, 3.8) is 0 Å². The highest BCUT2D eigenvalue weighted by Crippen LogP contribution is 2.43. The van der Waals surface area contributed by atoms with Crippen molar-refractivity contribution in [1.82, 2.24) is 10.2 Å². The number of methoxy groups -OCH3 is 1. The van der Waals surface area contributed by atoms with Gasteiger partial charge in [-0.05, 0) is 17.5 Å². The summed E-state index contributed by atoms with van der Waals surface area (Å²) in [6.07, 6.45) is -4.36. The van der Waals surface area contributed by atoms with Crippen LogP contribution in [0.25, 0.3) is 0 Å². The van der Waals surface area contributed by atoms with Crippen molar-refractivity contribution in [2.24, 2.45) is 5.41 Å². The number of nitrogens with zero attached hydrogens (tertiary/aromatic N) is 1. The third kappa shape index (κ3) is 4.18. The lowest BCUT2D eigenvalue weighted by molar-refractivity contribution is -0.137. The van der Waals surface area contributed by atoms with Gasteiger partial charge in [-0.25, -0.2) is 0 Å². The first-order valence-corrected chi connectivity index (χ1v) is 7.84. The van der Waals surface area contributed by atoms with E-state index in [1.54, 1.807) is 6.07 Å². The van der Waals surface area contributed by atoms with Crippen molar-refractivity contribution < 1.29 is 17.9 Å². The van der Waals surface area contributed by atoms with Gasteiger partial charge in [0.05, 0.1) is 12.7 Å². The van der Waals surface area contributed by atoms with E-state index in [-0.39, 0.29) is 11.5 Å². The average Bonchev–Trinajstić information content (AvgIpc) is 2.46. The molecule has 0 spiro atoms. The Morgan fingerprint density at radius 3 is 2.22 bits per heavy atom. The molecule has 23 heavy (non-hydrogen) atoms. The fourth-order valence-corrected chi connectivity index (χ4v) is 3.26. The van der Waals surface area contributed by atoms with Crippen LogP contribution in [-0.4, -0.2) is 38.2 Å². The molecule has 0 radical (unpaired) electrons. The van der Waals surface area contributed by atoms with Crippen LogP contribution in [0.15, 0.2) is 18.2 Å². The summed E-state index contributed by atoms with van der Waals surface area (Å²) in [5.74, 6) is 0.304. The molecule has 1 atom stereocenters. The second kappa shape index (κ2) is 6.69. The average molecular weight is 330 g/mol. The van der Waals surface area contributed by atoms with Gasteiger partial charge in [-0.15, -0.1) is 0 Å². The maximum absolute atomic E-state index is 13.0.